The van der Waals surface area contributed by atoms with Gasteiger partial charge in [0.2, 0.25) is 0 Å². The predicted octanol–water partition coefficient (Wildman–Crippen LogP) is 3.39. The summed E-state index contributed by atoms with van der Waals surface area (Å²) in [4.78, 5) is 12.3. The van der Waals surface area contributed by atoms with E-state index in [1.807, 2.05) is 24.3 Å². The number of aliphatic hydroxyl groups excluding tert-OH is 2. The second-order valence-electron chi connectivity index (χ2n) is 8.12. The van der Waals surface area contributed by atoms with Crippen molar-refractivity contribution in [1.29, 1.82) is 0 Å². The van der Waals surface area contributed by atoms with E-state index >= 15 is 0 Å². The average molecular weight is 447 g/mol. The van der Waals surface area contributed by atoms with Gasteiger partial charge in [0.25, 0.3) is 0 Å². The Kier molecular flexibility index (Phi) is 5.90. The van der Waals surface area contributed by atoms with Crippen LogP contribution in [0.15, 0.2) is 66.7 Å². The van der Waals surface area contributed by atoms with E-state index in [4.69, 9.17) is 14.2 Å². The molecule has 3 aromatic rings. The number of hydrogen-bond donors (Lipinski definition) is 3. The van der Waals surface area contributed by atoms with Crippen molar-refractivity contribution in [3.63, 3.8) is 0 Å². The van der Waals surface area contributed by atoms with Gasteiger partial charge in [-0.15, -0.1) is 0 Å². The lowest BCUT2D eigenvalue weighted by Crippen LogP contribution is -2.36. The van der Waals surface area contributed by atoms with Crippen molar-refractivity contribution in [2.45, 2.75) is 18.1 Å². The molecular formula is C26H25NO6. The maximum absolute atomic E-state index is 12.3. The molecule has 2 atom stereocenters. The number of nitrogens with one attached hydrogen (secondary N) is 1. The molecule has 5 rings (SSSR count). The quantitative estimate of drug-likeness (QED) is 0.536. The van der Waals surface area contributed by atoms with Gasteiger partial charge in [0.05, 0.1) is 0 Å². The number of ether oxygens (including phenoxy) is 3. The van der Waals surface area contributed by atoms with E-state index in [0.717, 1.165) is 22.3 Å². The fraction of sp³-hybridized carbons (Fsp3) is 0.269. The van der Waals surface area contributed by atoms with E-state index < -0.39 is 18.3 Å². The van der Waals surface area contributed by atoms with Crippen LogP contribution in [0.4, 0.5) is 4.79 Å². The van der Waals surface area contributed by atoms with Gasteiger partial charge in [-0.3, -0.25) is 0 Å². The molecule has 1 amide bonds. The van der Waals surface area contributed by atoms with Crippen LogP contribution in [-0.4, -0.2) is 48.8 Å². The summed E-state index contributed by atoms with van der Waals surface area (Å²) in [6.07, 6.45) is -3.06. The van der Waals surface area contributed by atoms with Crippen LogP contribution in [0, 0.1) is 0 Å². The third-order valence-electron chi connectivity index (χ3n) is 6.07. The molecule has 7 heteroatoms. The first-order valence-corrected chi connectivity index (χ1v) is 11.0. The van der Waals surface area contributed by atoms with E-state index in [1.165, 1.54) is 0 Å². The smallest absolute Gasteiger partial charge is 0.407 e. The van der Waals surface area contributed by atoms with Gasteiger partial charge in [-0.25, -0.2) is 4.79 Å². The number of hydrogen-bond acceptors (Lipinski definition) is 6. The van der Waals surface area contributed by atoms with Crippen molar-refractivity contribution in [2.24, 2.45) is 0 Å². The van der Waals surface area contributed by atoms with E-state index in [9.17, 15) is 15.0 Å². The Morgan fingerprint density at radius 1 is 0.939 bits per heavy atom. The second-order valence-corrected chi connectivity index (χ2v) is 8.12. The molecule has 3 N–H and O–H groups in total. The van der Waals surface area contributed by atoms with Crippen LogP contribution in [-0.2, 0) is 4.74 Å². The standard InChI is InChI=1S/C26H25NO6/c28-22(25(29)16-9-10-23-24(13-16)32-12-11-31-23)14-27-26(30)33-15-21-19-7-3-1-5-17(19)18-6-2-4-8-20(18)21/h1-10,13,21-22,25,28-29H,11-12,14-15H2,(H,27,30). The highest BCUT2D eigenvalue weighted by Crippen LogP contribution is 2.44. The number of rotatable bonds is 6. The van der Waals surface area contributed by atoms with Gasteiger partial charge in [-0.1, -0.05) is 54.6 Å². The lowest BCUT2D eigenvalue weighted by molar-refractivity contribution is 0.0182. The third kappa shape index (κ3) is 4.25. The van der Waals surface area contributed by atoms with Gasteiger partial charge >= 0.3 is 6.09 Å². The van der Waals surface area contributed by atoms with Crippen molar-refractivity contribution < 1.29 is 29.2 Å². The zero-order chi connectivity index (χ0) is 22.8. The highest BCUT2D eigenvalue weighted by Gasteiger charge is 2.29. The van der Waals surface area contributed by atoms with Gasteiger partial charge in [0.15, 0.2) is 11.5 Å². The largest absolute Gasteiger partial charge is 0.486 e. The minimum absolute atomic E-state index is 0.0450. The highest BCUT2D eigenvalue weighted by molar-refractivity contribution is 5.79. The van der Waals surface area contributed by atoms with Crippen molar-refractivity contribution >= 4 is 6.09 Å². The summed E-state index contributed by atoms with van der Waals surface area (Å²) in [6.45, 7) is 0.924. The van der Waals surface area contributed by atoms with Crippen LogP contribution in [0.5, 0.6) is 11.5 Å². The molecule has 2 unspecified atom stereocenters. The molecular weight excluding hydrogens is 422 g/mol. The Morgan fingerprint density at radius 3 is 2.27 bits per heavy atom. The van der Waals surface area contributed by atoms with Crippen LogP contribution in [0.2, 0.25) is 0 Å². The summed E-state index contributed by atoms with van der Waals surface area (Å²) in [7, 11) is 0. The highest BCUT2D eigenvalue weighted by atomic mass is 16.6. The minimum Gasteiger partial charge on any atom is -0.486 e. The summed E-state index contributed by atoms with van der Waals surface area (Å²) >= 11 is 0. The molecule has 1 aliphatic heterocycles. The molecule has 0 spiro atoms. The van der Waals surface area contributed by atoms with Crippen molar-refractivity contribution in [3.8, 4) is 22.6 Å². The summed E-state index contributed by atoms with van der Waals surface area (Å²) in [5.41, 5.74) is 5.03. The van der Waals surface area contributed by atoms with Crippen LogP contribution in [0.3, 0.4) is 0 Å². The molecule has 7 nitrogen and oxygen atoms in total. The molecule has 0 saturated heterocycles. The number of benzene rings is 3. The SMILES string of the molecule is O=C(NCC(O)C(O)c1ccc2c(c1)OCCO2)OCC1c2ccccc2-c2ccccc21. The van der Waals surface area contributed by atoms with E-state index in [1.54, 1.807) is 18.2 Å². The van der Waals surface area contributed by atoms with Gasteiger partial charge in [-0.05, 0) is 39.9 Å². The van der Waals surface area contributed by atoms with Crippen molar-refractivity contribution in [2.75, 3.05) is 26.4 Å². The predicted molar refractivity (Wildman–Crippen MR) is 121 cm³/mol. The number of amides is 1. The van der Waals surface area contributed by atoms with Crippen molar-refractivity contribution in [3.05, 3.63) is 83.4 Å². The van der Waals surface area contributed by atoms with Gasteiger partial charge in [0.1, 0.15) is 32.0 Å². The monoisotopic (exact) mass is 447 g/mol. The molecule has 0 radical (unpaired) electrons. The zero-order valence-corrected chi connectivity index (χ0v) is 17.9. The Morgan fingerprint density at radius 2 is 1.58 bits per heavy atom. The average Bonchev–Trinajstić information content (AvgIpc) is 3.19. The molecule has 170 valence electrons. The maximum atomic E-state index is 12.3. The van der Waals surface area contributed by atoms with Crippen LogP contribution >= 0.6 is 0 Å². The molecule has 0 fully saturated rings. The van der Waals surface area contributed by atoms with Gasteiger partial charge < -0.3 is 29.7 Å². The van der Waals surface area contributed by atoms with Crippen LogP contribution < -0.4 is 14.8 Å². The maximum Gasteiger partial charge on any atom is 0.407 e. The molecule has 1 aliphatic carbocycles. The van der Waals surface area contributed by atoms with Crippen LogP contribution in [0.1, 0.15) is 28.7 Å². The molecule has 33 heavy (non-hydrogen) atoms. The summed E-state index contributed by atoms with van der Waals surface area (Å²) < 4.78 is 16.5. The molecule has 3 aromatic carbocycles. The molecule has 0 aromatic heterocycles. The summed E-state index contributed by atoms with van der Waals surface area (Å²) in [5.74, 6) is 1.08. The fourth-order valence-corrected chi connectivity index (χ4v) is 4.42. The lowest BCUT2D eigenvalue weighted by atomic mass is 9.98. The first-order valence-electron chi connectivity index (χ1n) is 11.0. The molecule has 0 bridgehead atoms. The number of aliphatic hydroxyl groups is 2. The van der Waals surface area contributed by atoms with E-state index in [-0.39, 0.29) is 19.1 Å². The first-order chi connectivity index (χ1) is 16.1. The van der Waals surface area contributed by atoms with Crippen molar-refractivity contribution in [1.82, 2.24) is 5.32 Å². The fourth-order valence-electron chi connectivity index (χ4n) is 4.42. The minimum atomic E-state index is -1.21. The van der Waals surface area contributed by atoms with E-state index in [2.05, 4.69) is 29.6 Å². The van der Waals surface area contributed by atoms with Crippen LogP contribution in [0.25, 0.3) is 11.1 Å². The summed E-state index contributed by atoms with van der Waals surface area (Å²) in [6, 6.07) is 21.2. The van der Waals surface area contributed by atoms with Gasteiger partial charge in [0, 0.05) is 12.5 Å². The second kappa shape index (κ2) is 9.13. The first kappa shape index (κ1) is 21.3. The summed E-state index contributed by atoms with van der Waals surface area (Å²) in [5, 5.41) is 23.4. The Hall–Kier alpha value is -3.55. The number of carbonyl (C=O) groups is 1. The zero-order valence-electron chi connectivity index (χ0n) is 17.9. The Balaban J connectivity index is 1.17. The number of alkyl carbamates (subject to hydrolysis) is 1. The normalized spacial score (nSPS) is 15.8. The van der Waals surface area contributed by atoms with Gasteiger partial charge in [-0.2, -0.15) is 0 Å². The number of fused-ring (bicyclic) bond motifs is 4. The molecule has 0 saturated carbocycles. The molecule has 2 aliphatic rings. The Labute approximate surface area is 191 Å². The number of carbonyl (C=O) groups excluding carboxylic acids is 1. The van der Waals surface area contributed by atoms with E-state index in [0.29, 0.717) is 30.3 Å². The Bertz CT molecular complexity index is 1120. The lowest BCUT2D eigenvalue weighted by Gasteiger charge is -2.22. The third-order valence-corrected chi connectivity index (χ3v) is 6.07. The molecule has 1 heterocycles. The topological polar surface area (TPSA) is 97.3 Å².